The summed E-state index contributed by atoms with van der Waals surface area (Å²) in [6.45, 7) is 0. The van der Waals surface area contributed by atoms with Crippen molar-refractivity contribution in [3.8, 4) is 12.1 Å². The van der Waals surface area contributed by atoms with Gasteiger partial charge in [-0.25, -0.2) is 0 Å². The molecule has 1 aromatic carbocycles. The summed E-state index contributed by atoms with van der Waals surface area (Å²) in [5.74, 6) is -0.434. The fraction of sp³-hybridized carbons (Fsp3) is 0. The van der Waals surface area contributed by atoms with Crippen LogP contribution in [-0.2, 0) is 0 Å². The second-order valence-corrected chi connectivity index (χ2v) is 4.20. The third-order valence-corrected chi connectivity index (χ3v) is 2.86. The van der Waals surface area contributed by atoms with Crippen LogP contribution in [0.3, 0.4) is 0 Å². The average Bonchev–Trinajstić information content (AvgIpc) is 2.47. The molecule has 1 heterocycles. The van der Waals surface area contributed by atoms with Gasteiger partial charge in [0, 0.05) is 18.1 Å². The van der Waals surface area contributed by atoms with Gasteiger partial charge in [-0.2, -0.15) is 10.5 Å². The summed E-state index contributed by atoms with van der Waals surface area (Å²) in [4.78, 5) is 15.8. The third-order valence-electron chi connectivity index (χ3n) is 2.53. The van der Waals surface area contributed by atoms with Crippen molar-refractivity contribution < 1.29 is 4.79 Å². The lowest BCUT2D eigenvalue weighted by atomic mass is 10.1. The van der Waals surface area contributed by atoms with E-state index in [1.165, 1.54) is 30.6 Å². The van der Waals surface area contributed by atoms with Crippen molar-refractivity contribution >= 4 is 23.2 Å². The van der Waals surface area contributed by atoms with E-state index in [4.69, 9.17) is 22.1 Å². The van der Waals surface area contributed by atoms with Crippen molar-refractivity contribution in [2.24, 2.45) is 0 Å². The van der Waals surface area contributed by atoms with E-state index in [0.717, 1.165) is 0 Å². The van der Waals surface area contributed by atoms with Crippen LogP contribution < -0.4 is 5.32 Å². The van der Waals surface area contributed by atoms with E-state index < -0.39 is 5.91 Å². The molecule has 20 heavy (non-hydrogen) atoms. The first-order valence-corrected chi connectivity index (χ1v) is 5.88. The highest BCUT2D eigenvalue weighted by molar-refractivity contribution is 6.34. The van der Waals surface area contributed by atoms with Crippen LogP contribution in [0, 0.1) is 22.7 Å². The molecule has 6 heteroatoms. The Balaban J connectivity index is 2.28. The fourth-order valence-corrected chi connectivity index (χ4v) is 1.75. The standard InChI is InChI=1S/C14H7ClN4O/c15-13-3-4-18-8-12(13)14(20)19-11-2-1-9(6-16)10(5-11)7-17/h1-5,8H,(H,19,20). The van der Waals surface area contributed by atoms with E-state index in [9.17, 15) is 4.79 Å². The average molecular weight is 283 g/mol. The number of anilines is 1. The molecule has 0 unspecified atom stereocenters. The Kier molecular flexibility index (Phi) is 3.95. The predicted molar refractivity (Wildman–Crippen MR) is 73.1 cm³/mol. The molecule has 0 aliphatic heterocycles. The van der Waals surface area contributed by atoms with Gasteiger partial charge in [-0.3, -0.25) is 9.78 Å². The highest BCUT2D eigenvalue weighted by Gasteiger charge is 2.11. The fourth-order valence-electron chi connectivity index (χ4n) is 1.56. The van der Waals surface area contributed by atoms with E-state index in [1.807, 2.05) is 12.1 Å². The molecule has 0 atom stereocenters. The van der Waals surface area contributed by atoms with Gasteiger partial charge in [0.25, 0.3) is 5.91 Å². The first kappa shape index (κ1) is 13.5. The van der Waals surface area contributed by atoms with Crippen molar-refractivity contribution in [1.82, 2.24) is 4.98 Å². The molecule has 0 spiro atoms. The second-order valence-electron chi connectivity index (χ2n) is 3.79. The summed E-state index contributed by atoms with van der Waals surface area (Å²) >= 11 is 5.90. The summed E-state index contributed by atoms with van der Waals surface area (Å²) in [5, 5.41) is 20.6. The van der Waals surface area contributed by atoms with Crippen LogP contribution in [0.5, 0.6) is 0 Å². The van der Waals surface area contributed by atoms with Gasteiger partial charge in [0.05, 0.1) is 21.7 Å². The first-order chi connectivity index (χ1) is 9.65. The van der Waals surface area contributed by atoms with Crippen LogP contribution >= 0.6 is 11.6 Å². The Morgan fingerprint density at radius 2 is 1.95 bits per heavy atom. The Morgan fingerprint density at radius 1 is 1.20 bits per heavy atom. The number of carbonyl (C=O) groups is 1. The first-order valence-electron chi connectivity index (χ1n) is 5.51. The van der Waals surface area contributed by atoms with Crippen LogP contribution in [0.1, 0.15) is 21.5 Å². The summed E-state index contributed by atoms with van der Waals surface area (Å²) in [7, 11) is 0. The van der Waals surface area contributed by atoms with Gasteiger partial charge in [-0.05, 0) is 24.3 Å². The zero-order valence-electron chi connectivity index (χ0n) is 10.1. The molecular weight excluding hydrogens is 276 g/mol. The SMILES string of the molecule is N#Cc1ccc(NC(=O)c2cnccc2Cl)cc1C#N. The van der Waals surface area contributed by atoms with Gasteiger partial charge in [-0.1, -0.05) is 11.6 Å². The number of pyridine rings is 1. The minimum absolute atomic E-state index is 0.197. The molecule has 0 fully saturated rings. The maximum Gasteiger partial charge on any atom is 0.258 e. The zero-order valence-corrected chi connectivity index (χ0v) is 10.8. The van der Waals surface area contributed by atoms with Crippen molar-refractivity contribution in [3.63, 3.8) is 0 Å². The minimum Gasteiger partial charge on any atom is -0.322 e. The van der Waals surface area contributed by atoms with Crippen molar-refractivity contribution in [3.05, 3.63) is 58.4 Å². The molecule has 0 aliphatic rings. The summed E-state index contributed by atoms with van der Waals surface area (Å²) in [6.07, 6.45) is 2.83. The maximum absolute atomic E-state index is 12.0. The highest BCUT2D eigenvalue weighted by Crippen LogP contribution is 2.18. The Labute approximate surface area is 120 Å². The summed E-state index contributed by atoms with van der Waals surface area (Å²) in [6, 6.07) is 9.76. The monoisotopic (exact) mass is 282 g/mol. The molecule has 0 aliphatic carbocycles. The summed E-state index contributed by atoms with van der Waals surface area (Å²) < 4.78 is 0. The summed E-state index contributed by atoms with van der Waals surface area (Å²) in [5.41, 5.74) is 1.09. The van der Waals surface area contributed by atoms with Crippen molar-refractivity contribution in [2.75, 3.05) is 5.32 Å². The van der Waals surface area contributed by atoms with Gasteiger partial charge in [0.2, 0.25) is 0 Å². The Morgan fingerprint density at radius 3 is 2.60 bits per heavy atom. The molecule has 1 aromatic heterocycles. The van der Waals surface area contributed by atoms with E-state index >= 15 is 0 Å². The number of nitriles is 2. The molecule has 0 saturated heterocycles. The number of hydrogen-bond acceptors (Lipinski definition) is 4. The number of nitrogens with one attached hydrogen (secondary N) is 1. The number of halogens is 1. The number of rotatable bonds is 2. The topological polar surface area (TPSA) is 89.6 Å². The van der Waals surface area contributed by atoms with E-state index in [-0.39, 0.29) is 21.7 Å². The maximum atomic E-state index is 12.0. The minimum atomic E-state index is -0.434. The van der Waals surface area contributed by atoms with E-state index in [1.54, 1.807) is 6.07 Å². The van der Waals surface area contributed by atoms with Gasteiger partial charge >= 0.3 is 0 Å². The lowest BCUT2D eigenvalue weighted by Crippen LogP contribution is -2.13. The van der Waals surface area contributed by atoms with Crippen LogP contribution in [0.2, 0.25) is 5.02 Å². The predicted octanol–water partition coefficient (Wildman–Crippen LogP) is 2.73. The lowest BCUT2D eigenvalue weighted by Gasteiger charge is -2.07. The number of hydrogen-bond donors (Lipinski definition) is 1. The van der Waals surface area contributed by atoms with E-state index in [2.05, 4.69) is 10.3 Å². The molecule has 96 valence electrons. The van der Waals surface area contributed by atoms with Crippen molar-refractivity contribution in [1.29, 1.82) is 10.5 Å². The van der Waals surface area contributed by atoms with Gasteiger partial charge in [0.15, 0.2) is 0 Å². The largest absolute Gasteiger partial charge is 0.322 e. The number of benzene rings is 1. The molecule has 1 N–H and O–H groups in total. The molecule has 0 bridgehead atoms. The van der Waals surface area contributed by atoms with Gasteiger partial charge < -0.3 is 5.32 Å². The molecule has 0 saturated carbocycles. The lowest BCUT2D eigenvalue weighted by molar-refractivity contribution is 0.102. The van der Waals surface area contributed by atoms with Crippen molar-refractivity contribution in [2.45, 2.75) is 0 Å². The molecule has 2 rings (SSSR count). The Hall–Kier alpha value is -2.89. The smallest absolute Gasteiger partial charge is 0.258 e. The molecule has 1 amide bonds. The number of nitrogens with zero attached hydrogens (tertiary/aromatic N) is 3. The molecular formula is C14H7ClN4O. The number of carbonyl (C=O) groups excluding carboxylic acids is 1. The normalized spacial score (nSPS) is 9.35. The highest BCUT2D eigenvalue weighted by atomic mass is 35.5. The van der Waals surface area contributed by atoms with Gasteiger partial charge in [-0.15, -0.1) is 0 Å². The number of amides is 1. The molecule has 5 nitrogen and oxygen atoms in total. The van der Waals surface area contributed by atoms with Crippen LogP contribution in [0.25, 0.3) is 0 Å². The zero-order chi connectivity index (χ0) is 14.5. The third kappa shape index (κ3) is 2.74. The molecule has 2 aromatic rings. The van der Waals surface area contributed by atoms with Crippen LogP contribution in [0.15, 0.2) is 36.7 Å². The molecule has 0 radical (unpaired) electrons. The van der Waals surface area contributed by atoms with E-state index in [0.29, 0.717) is 5.69 Å². The number of aromatic nitrogens is 1. The Bertz CT molecular complexity index is 758. The van der Waals surface area contributed by atoms with Gasteiger partial charge in [0.1, 0.15) is 12.1 Å². The quantitative estimate of drug-likeness (QED) is 0.917. The van der Waals surface area contributed by atoms with Crippen LogP contribution in [-0.4, -0.2) is 10.9 Å². The van der Waals surface area contributed by atoms with Crippen LogP contribution in [0.4, 0.5) is 5.69 Å². The second kappa shape index (κ2) is 5.83.